The van der Waals surface area contributed by atoms with Crippen LogP contribution in [-0.2, 0) is 17.8 Å². The van der Waals surface area contributed by atoms with Crippen molar-refractivity contribution < 1.29 is 14.3 Å². The number of fused-ring (bicyclic) bond motifs is 2. The minimum atomic E-state index is -0.443. The SMILES string of the molecule is COc1cc2ncnc(N3CCc4ccc(NC(=O)C(C)(C)C)cc4C3)c2cc1OC. The molecule has 7 heteroatoms. The van der Waals surface area contributed by atoms with E-state index in [9.17, 15) is 4.79 Å². The van der Waals surface area contributed by atoms with Crippen LogP contribution in [0.15, 0.2) is 36.7 Å². The molecular weight excluding hydrogens is 392 g/mol. The van der Waals surface area contributed by atoms with Crippen molar-refractivity contribution in [2.75, 3.05) is 31.0 Å². The molecule has 1 aliphatic heterocycles. The number of hydrogen-bond acceptors (Lipinski definition) is 6. The van der Waals surface area contributed by atoms with Crippen molar-refractivity contribution in [3.63, 3.8) is 0 Å². The summed E-state index contributed by atoms with van der Waals surface area (Å²) in [5, 5.41) is 3.95. The number of rotatable bonds is 4. The van der Waals surface area contributed by atoms with Gasteiger partial charge < -0.3 is 19.7 Å². The Labute approximate surface area is 182 Å². The second kappa shape index (κ2) is 8.06. The minimum Gasteiger partial charge on any atom is -0.493 e. The van der Waals surface area contributed by atoms with E-state index < -0.39 is 5.41 Å². The third kappa shape index (κ3) is 4.13. The Morgan fingerprint density at radius 2 is 1.77 bits per heavy atom. The molecule has 0 saturated carbocycles. The summed E-state index contributed by atoms with van der Waals surface area (Å²) in [6, 6.07) is 9.96. The smallest absolute Gasteiger partial charge is 0.229 e. The van der Waals surface area contributed by atoms with Gasteiger partial charge in [-0.1, -0.05) is 26.8 Å². The number of nitrogens with zero attached hydrogens (tertiary/aromatic N) is 3. The van der Waals surface area contributed by atoms with Crippen LogP contribution in [0.5, 0.6) is 11.5 Å². The van der Waals surface area contributed by atoms with Crippen LogP contribution in [0.2, 0.25) is 0 Å². The molecule has 3 aromatic rings. The van der Waals surface area contributed by atoms with E-state index in [4.69, 9.17) is 9.47 Å². The summed E-state index contributed by atoms with van der Waals surface area (Å²) in [5.41, 5.74) is 3.66. The highest BCUT2D eigenvalue weighted by atomic mass is 16.5. The fraction of sp³-hybridized carbons (Fsp3) is 0.375. The highest BCUT2D eigenvalue weighted by Gasteiger charge is 2.23. The number of hydrogen-bond donors (Lipinski definition) is 1. The molecule has 4 rings (SSSR count). The lowest BCUT2D eigenvalue weighted by Gasteiger charge is -2.31. The van der Waals surface area contributed by atoms with Crippen molar-refractivity contribution in [1.82, 2.24) is 9.97 Å². The molecule has 2 heterocycles. The minimum absolute atomic E-state index is 0.00273. The maximum absolute atomic E-state index is 12.4. The lowest BCUT2D eigenvalue weighted by Crippen LogP contribution is -2.32. The third-order valence-electron chi connectivity index (χ3n) is 5.58. The van der Waals surface area contributed by atoms with Gasteiger partial charge in [0, 0.05) is 35.6 Å². The van der Waals surface area contributed by atoms with E-state index >= 15 is 0 Å². The lowest BCUT2D eigenvalue weighted by molar-refractivity contribution is -0.123. The van der Waals surface area contributed by atoms with Crippen LogP contribution in [0.3, 0.4) is 0 Å². The highest BCUT2D eigenvalue weighted by Crippen LogP contribution is 2.36. The van der Waals surface area contributed by atoms with Gasteiger partial charge in [0.1, 0.15) is 12.1 Å². The zero-order valence-electron chi connectivity index (χ0n) is 18.7. The molecule has 7 nitrogen and oxygen atoms in total. The van der Waals surface area contributed by atoms with Crippen molar-refractivity contribution >= 4 is 28.3 Å². The summed E-state index contributed by atoms with van der Waals surface area (Å²) >= 11 is 0. The van der Waals surface area contributed by atoms with E-state index in [2.05, 4.69) is 32.3 Å². The van der Waals surface area contributed by atoms with Crippen LogP contribution in [0, 0.1) is 5.41 Å². The number of methoxy groups -OCH3 is 2. The van der Waals surface area contributed by atoms with Gasteiger partial charge in [-0.15, -0.1) is 0 Å². The lowest BCUT2D eigenvalue weighted by atomic mass is 9.95. The number of carbonyl (C=O) groups is 1. The quantitative estimate of drug-likeness (QED) is 0.682. The average Bonchev–Trinajstić information content (AvgIpc) is 2.76. The van der Waals surface area contributed by atoms with Crippen molar-refractivity contribution in [2.24, 2.45) is 5.41 Å². The van der Waals surface area contributed by atoms with Gasteiger partial charge >= 0.3 is 0 Å². The van der Waals surface area contributed by atoms with E-state index in [1.165, 1.54) is 11.1 Å². The molecule has 0 radical (unpaired) electrons. The molecule has 0 bridgehead atoms. The Balaban J connectivity index is 1.66. The first-order valence-corrected chi connectivity index (χ1v) is 10.3. The maximum Gasteiger partial charge on any atom is 0.229 e. The molecule has 1 amide bonds. The Morgan fingerprint density at radius 3 is 2.48 bits per heavy atom. The number of amides is 1. The number of nitrogens with one attached hydrogen (secondary N) is 1. The number of carbonyl (C=O) groups excluding carboxylic acids is 1. The Bertz CT molecular complexity index is 1140. The van der Waals surface area contributed by atoms with Gasteiger partial charge in [0.2, 0.25) is 5.91 Å². The first-order chi connectivity index (χ1) is 14.8. The van der Waals surface area contributed by atoms with Crippen molar-refractivity contribution in [3.05, 3.63) is 47.8 Å². The van der Waals surface area contributed by atoms with Crippen LogP contribution >= 0.6 is 0 Å². The predicted octanol–water partition coefficient (Wildman–Crippen LogP) is 4.19. The topological polar surface area (TPSA) is 76.6 Å². The molecule has 0 atom stereocenters. The fourth-order valence-corrected chi connectivity index (χ4v) is 3.76. The van der Waals surface area contributed by atoms with Gasteiger partial charge in [-0.05, 0) is 35.7 Å². The fourth-order valence-electron chi connectivity index (χ4n) is 3.76. The first kappa shape index (κ1) is 20.9. The molecule has 0 fully saturated rings. The van der Waals surface area contributed by atoms with Gasteiger partial charge in [-0.3, -0.25) is 4.79 Å². The van der Waals surface area contributed by atoms with Crippen LogP contribution in [0.1, 0.15) is 31.9 Å². The molecule has 162 valence electrons. The highest BCUT2D eigenvalue weighted by molar-refractivity contribution is 5.95. The van der Waals surface area contributed by atoms with E-state index in [1.807, 2.05) is 39.0 Å². The van der Waals surface area contributed by atoms with Crippen LogP contribution in [-0.4, -0.2) is 36.6 Å². The number of aromatic nitrogens is 2. The molecule has 31 heavy (non-hydrogen) atoms. The molecule has 1 aromatic heterocycles. The third-order valence-corrected chi connectivity index (χ3v) is 5.58. The molecule has 0 spiro atoms. The number of anilines is 2. The second-order valence-electron chi connectivity index (χ2n) is 8.78. The van der Waals surface area contributed by atoms with E-state index in [0.29, 0.717) is 18.0 Å². The normalized spacial score (nSPS) is 13.6. The summed E-state index contributed by atoms with van der Waals surface area (Å²) in [6.07, 6.45) is 2.49. The van der Waals surface area contributed by atoms with Gasteiger partial charge in [0.15, 0.2) is 11.5 Å². The van der Waals surface area contributed by atoms with E-state index in [-0.39, 0.29) is 5.91 Å². The summed E-state index contributed by atoms with van der Waals surface area (Å²) in [5.74, 6) is 2.15. The van der Waals surface area contributed by atoms with E-state index in [1.54, 1.807) is 20.5 Å². The van der Waals surface area contributed by atoms with Crippen molar-refractivity contribution in [1.29, 1.82) is 0 Å². The standard InChI is InChI=1S/C24H28N4O3/c1-24(2,3)23(29)27-17-7-6-15-8-9-28(13-16(15)10-17)22-18-11-20(30-4)21(31-5)12-19(18)25-14-26-22/h6-7,10-12,14H,8-9,13H2,1-5H3,(H,27,29). The number of ether oxygens (including phenoxy) is 2. The van der Waals surface area contributed by atoms with Crippen LogP contribution in [0.4, 0.5) is 11.5 Å². The maximum atomic E-state index is 12.4. The molecule has 0 saturated heterocycles. The van der Waals surface area contributed by atoms with Gasteiger partial charge in [0.05, 0.1) is 19.7 Å². The van der Waals surface area contributed by atoms with Gasteiger partial charge in [0.25, 0.3) is 0 Å². The zero-order chi connectivity index (χ0) is 22.2. The first-order valence-electron chi connectivity index (χ1n) is 10.3. The van der Waals surface area contributed by atoms with Crippen LogP contribution in [0.25, 0.3) is 10.9 Å². The molecule has 2 aromatic carbocycles. The molecule has 1 N–H and O–H groups in total. The van der Waals surface area contributed by atoms with Crippen molar-refractivity contribution in [3.8, 4) is 11.5 Å². The van der Waals surface area contributed by atoms with Gasteiger partial charge in [-0.2, -0.15) is 0 Å². The van der Waals surface area contributed by atoms with Crippen molar-refractivity contribution in [2.45, 2.75) is 33.7 Å². The summed E-state index contributed by atoms with van der Waals surface area (Å²) in [7, 11) is 3.24. The monoisotopic (exact) mass is 420 g/mol. The molecular formula is C24H28N4O3. The Morgan fingerprint density at radius 1 is 1.03 bits per heavy atom. The van der Waals surface area contributed by atoms with Crippen LogP contribution < -0.4 is 19.7 Å². The zero-order valence-corrected chi connectivity index (χ0v) is 18.7. The summed E-state index contributed by atoms with van der Waals surface area (Å²) in [6.45, 7) is 7.28. The molecule has 0 aliphatic carbocycles. The Kier molecular flexibility index (Phi) is 5.43. The number of benzene rings is 2. The predicted molar refractivity (Wildman–Crippen MR) is 122 cm³/mol. The average molecular weight is 421 g/mol. The summed E-state index contributed by atoms with van der Waals surface area (Å²) in [4.78, 5) is 23.6. The Hall–Kier alpha value is -3.35. The molecule has 1 aliphatic rings. The summed E-state index contributed by atoms with van der Waals surface area (Å²) < 4.78 is 10.9. The largest absolute Gasteiger partial charge is 0.493 e. The van der Waals surface area contributed by atoms with E-state index in [0.717, 1.165) is 35.4 Å². The second-order valence-corrected chi connectivity index (χ2v) is 8.78. The van der Waals surface area contributed by atoms with Gasteiger partial charge in [-0.25, -0.2) is 9.97 Å². The molecule has 0 unspecified atom stereocenters.